The zero-order chi connectivity index (χ0) is 32.3. The number of hydrogen-bond donors (Lipinski definition) is 0. The maximum absolute atomic E-state index is 14.0. The van der Waals surface area contributed by atoms with Gasteiger partial charge in [-0.05, 0) is 57.5 Å². The molecule has 1 aromatic carbocycles. The predicted molar refractivity (Wildman–Crippen MR) is 165 cm³/mol. The normalized spacial score (nSPS) is 18.4. The lowest BCUT2D eigenvalue weighted by Gasteiger charge is -2.44. The maximum Gasteiger partial charge on any atom is 0.410 e. The van der Waals surface area contributed by atoms with Crippen molar-refractivity contribution in [2.75, 3.05) is 19.8 Å². The van der Waals surface area contributed by atoms with Gasteiger partial charge in [-0.2, -0.15) is 0 Å². The van der Waals surface area contributed by atoms with Crippen LogP contribution in [0, 0.1) is 10.1 Å². The number of benzene rings is 1. The zero-order valence-corrected chi connectivity index (χ0v) is 28.0. The third-order valence-electron chi connectivity index (χ3n) is 7.19. The third-order valence-corrected chi connectivity index (χ3v) is 13.4. The number of nitro benzene ring substituents is 1. The van der Waals surface area contributed by atoms with Gasteiger partial charge in [-0.15, -0.1) is 6.58 Å². The Bertz CT molecular complexity index is 1330. The van der Waals surface area contributed by atoms with E-state index in [0.29, 0.717) is 15.6 Å². The van der Waals surface area contributed by atoms with Crippen LogP contribution in [0.4, 0.5) is 10.5 Å². The number of nitro groups is 1. The van der Waals surface area contributed by atoms with E-state index < -0.39 is 57.6 Å². The first-order valence-electron chi connectivity index (χ1n) is 13.7. The highest BCUT2D eigenvalue weighted by Crippen LogP contribution is 2.38. The summed E-state index contributed by atoms with van der Waals surface area (Å²) < 4.78 is 41.0. The van der Waals surface area contributed by atoms with Crippen LogP contribution in [-0.2, 0) is 24.0 Å². The highest BCUT2D eigenvalue weighted by atomic mass is 32.2. The molecular weight excluding hydrogens is 578 g/mol. The molecule has 1 aliphatic rings. The van der Waals surface area contributed by atoms with Crippen molar-refractivity contribution in [3.8, 4) is 0 Å². The molecule has 13 heteroatoms. The fourth-order valence-corrected chi connectivity index (χ4v) is 6.58. The second-order valence-corrected chi connectivity index (χ2v) is 19.3. The number of ether oxygens (including phenoxy) is 1. The third kappa shape index (κ3) is 8.38. The number of carbonyl (C=O) groups excluding carboxylic acids is 1. The van der Waals surface area contributed by atoms with Gasteiger partial charge in [0.2, 0.25) is 0 Å². The number of carbonyl (C=O) groups is 1. The lowest BCUT2D eigenvalue weighted by Crippen LogP contribution is -2.57. The summed E-state index contributed by atoms with van der Waals surface area (Å²) in [4.78, 5) is 31.1. The number of sulfonamides is 1. The average Bonchev–Trinajstić information content (AvgIpc) is 2.85. The number of amides is 1. The quantitative estimate of drug-likeness (QED) is 0.123. The lowest BCUT2D eigenvalue weighted by atomic mass is 9.94. The number of nitrogens with zero attached hydrogens (tertiary/aromatic N) is 3. The van der Waals surface area contributed by atoms with Gasteiger partial charge in [0.25, 0.3) is 15.7 Å². The van der Waals surface area contributed by atoms with Crippen LogP contribution >= 0.6 is 0 Å². The summed E-state index contributed by atoms with van der Waals surface area (Å²) in [5.74, 6) is 0. The molecule has 0 aromatic heterocycles. The first kappa shape index (κ1) is 35.4. The fraction of sp³-hybridized carbons (Fsp3) is 0.552. The Hall–Kier alpha value is -2.84. The monoisotopic (exact) mass is 623 g/mol. The molecule has 0 unspecified atom stereocenters. The Morgan fingerprint density at radius 3 is 2.31 bits per heavy atom. The molecule has 0 bridgehead atoms. The van der Waals surface area contributed by atoms with Crippen molar-refractivity contribution in [1.29, 1.82) is 0 Å². The van der Waals surface area contributed by atoms with E-state index in [1.807, 2.05) is 0 Å². The van der Waals surface area contributed by atoms with E-state index in [4.69, 9.17) is 14.0 Å². The molecule has 0 N–H and O–H groups in total. The number of hydrogen-bond acceptors (Lipinski definition) is 8. The Kier molecular flexibility index (Phi) is 11.1. The zero-order valence-electron chi connectivity index (χ0n) is 26.2. The smallest absolute Gasteiger partial charge is 0.410 e. The van der Waals surface area contributed by atoms with Crippen molar-refractivity contribution in [2.45, 2.75) is 89.2 Å². The lowest BCUT2D eigenvalue weighted by molar-refractivity contribution is -0.388. The second kappa shape index (κ2) is 13.2. The first-order chi connectivity index (χ1) is 19.1. The largest absolute Gasteiger partial charge is 0.444 e. The predicted octanol–water partition coefficient (Wildman–Crippen LogP) is 6.22. The molecule has 1 aromatic rings. The van der Waals surface area contributed by atoms with Crippen LogP contribution < -0.4 is 0 Å². The van der Waals surface area contributed by atoms with E-state index in [1.165, 1.54) is 23.1 Å². The SMILES string of the molecule is C=CCON([C@H]1CN(C(=O)OC(C)(C)C)[C@@H](CO[Si](C)(C)C(C)(C)C)C=C1C(=C)C)S(=O)(=O)c1ccccc1[N+](=O)[O-]. The van der Waals surface area contributed by atoms with Gasteiger partial charge in [0.1, 0.15) is 5.60 Å². The van der Waals surface area contributed by atoms with Crippen LogP contribution in [0.3, 0.4) is 0 Å². The summed E-state index contributed by atoms with van der Waals surface area (Å²) in [6, 6.07) is 3.31. The fourth-order valence-electron chi connectivity index (χ4n) is 3.99. The van der Waals surface area contributed by atoms with Gasteiger partial charge >= 0.3 is 6.09 Å². The summed E-state index contributed by atoms with van der Waals surface area (Å²) >= 11 is 0. The standard InChI is InChI=1S/C29H45N3O8SSi/c1-12-17-38-32(41(36,37)26-16-14-13-15-24(26)31(34)35)25-19-30(27(33)40-28(4,5)6)22(18-23(25)21(2)3)20-39-42(10,11)29(7,8)9/h12-16,18,22,25H,1-2,17,19-20H2,3-11H3/t22-,25+/m1/s1. The highest BCUT2D eigenvalue weighted by Gasteiger charge is 2.45. The van der Waals surface area contributed by atoms with Crippen LogP contribution in [0.5, 0.6) is 0 Å². The Morgan fingerprint density at radius 1 is 1.21 bits per heavy atom. The van der Waals surface area contributed by atoms with Gasteiger partial charge in [0.05, 0.1) is 30.2 Å². The number of para-hydroxylation sites is 1. The van der Waals surface area contributed by atoms with Crippen molar-refractivity contribution < 1.29 is 32.1 Å². The minimum absolute atomic E-state index is 0.0876. The Balaban J connectivity index is 2.73. The van der Waals surface area contributed by atoms with E-state index in [-0.39, 0.29) is 24.8 Å². The molecular formula is C29H45N3O8SSi. The van der Waals surface area contributed by atoms with Crippen LogP contribution in [0.15, 0.2) is 65.6 Å². The number of rotatable bonds is 11. The van der Waals surface area contributed by atoms with Gasteiger partial charge in [0, 0.05) is 12.6 Å². The van der Waals surface area contributed by atoms with Crippen molar-refractivity contribution in [3.63, 3.8) is 0 Å². The molecule has 2 atom stereocenters. The van der Waals surface area contributed by atoms with E-state index in [2.05, 4.69) is 47.0 Å². The van der Waals surface area contributed by atoms with Crippen molar-refractivity contribution in [1.82, 2.24) is 9.37 Å². The molecule has 2 rings (SSSR count). The molecule has 0 aliphatic carbocycles. The minimum Gasteiger partial charge on any atom is -0.444 e. The van der Waals surface area contributed by atoms with E-state index >= 15 is 0 Å². The van der Waals surface area contributed by atoms with Gasteiger partial charge in [-0.25, -0.2) is 13.2 Å². The van der Waals surface area contributed by atoms with Crippen molar-refractivity contribution in [3.05, 3.63) is 70.8 Å². The van der Waals surface area contributed by atoms with Crippen LogP contribution in [-0.4, -0.2) is 74.6 Å². The molecule has 0 saturated carbocycles. The van der Waals surface area contributed by atoms with Crippen LogP contribution in [0.2, 0.25) is 18.1 Å². The van der Waals surface area contributed by atoms with Gasteiger partial charge in [0.15, 0.2) is 13.2 Å². The molecule has 1 amide bonds. The molecule has 234 valence electrons. The second-order valence-electron chi connectivity index (χ2n) is 12.8. The molecule has 0 fully saturated rings. The maximum atomic E-state index is 14.0. The van der Waals surface area contributed by atoms with Crippen LogP contribution in [0.1, 0.15) is 48.5 Å². The summed E-state index contributed by atoms with van der Waals surface area (Å²) in [7, 11) is -6.87. The highest BCUT2D eigenvalue weighted by molar-refractivity contribution is 7.89. The molecule has 11 nitrogen and oxygen atoms in total. The number of hydroxylamine groups is 1. The van der Waals surface area contributed by atoms with E-state index in [1.54, 1.807) is 33.8 Å². The molecule has 0 radical (unpaired) electrons. The molecule has 1 aliphatic heterocycles. The Morgan fingerprint density at radius 2 is 1.81 bits per heavy atom. The average molecular weight is 624 g/mol. The summed E-state index contributed by atoms with van der Waals surface area (Å²) in [6.45, 7) is 24.9. The molecule has 0 saturated heterocycles. The summed E-state index contributed by atoms with van der Waals surface area (Å²) in [5.41, 5.74) is -0.409. The molecule has 1 heterocycles. The van der Waals surface area contributed by atoms with Gasteiger partial charge < -0.3 is 9.16 Å². The summed E-state index contributed by atoms with van der Waals surface area (Å²) in [5, 5.41) is 11.7. The minimum atomic E-state index is -4.64. The van der Waals surface area contributed by atoms with Crippen LogP contribution in [0.25, 0.3) is 0 Å². The van der Waals surface area contributed by atoms with Gasteiger partial charge in [-0.3, -0.25) is 19.9 Å². The summed E-state index contributed by atoms with van der Waals surface area (Å²) in [6.07, 6.45) is 2.43. The van der Waals surface area contributed by atoms with Crippen molar-refractivity contribution >= 4 is 30.1 Å². The Labute approximate surface area is 251 Å². The molecule has 0 spiro atoms. The van der Waals surface area contributed by atoms with E-state index in [9.17, 15) is 23.3 Å². The van der Waals surface area contributed by atoms with E-state index in [0.717, 1.165) is 12.1 Å². The topological polar surface area (TPSA) is 129 Å². The van der Waals surface area contributed by atoms with Gasteiger partial charge in [-0.1, -0.05) is 61.7 Å². The van der Waals surface area contributed by atoms with Crippen molar-refractivity contribution in [2.24, 2.45) is 0 Å². The molecule has 42 heavy (non-hydrogen) atoms. The first-order valence-corrected chi connectivity index (χ1v) is 18.0.